The Morgan fingerprint density at radius 2 is 1.73 bits per heavy atom. The first-order valence-electron chi connectivity index (χ1n) is 13.9. The minimum atomic E-state index is -0.451. The molecule has 12 nitrogen and oxygen atoms in total. The number of benzene rings is 1. The maximum Gasteiger partial charge on any atom is 0.419 e. The van der Waals surface area contributed by atoms with E-state index in [0.717, 1.165) is 5.56 Å². The lowest BCUT2D eigenvalue weighted by Crippen LogP contribution is -3.12. The van der Waals surface area contributed by atoms with Gasteiger partial charge in [0.25, 0.3) is 11.8 Å². The third-order valence-electron chi connectivity index (χ3n) is 11.3. The number of carbonyl (C=O) groups excluding carboxylic acids is 3. The third kappa shape index (κ3) is 2.31. The van der Waals surface area contributed by atoms with E-state index < -0.39 is 11.7 Å². The first-order chi connectivity index (χ1) is 19.7. The Hall–Kier alpha value is -4.48. The highest BCUT2D eigenvalue weighted by Gasteiger charge is 3.11. The summed E-state index contributed by atoms with van der Waals surface area (Å²) in [5.74, 6) is 2.29. The van der Waals surface area contributed by atoms with E-state index in [9.17, 15) is 19.2 Å². The summed E-state index contributed by atoms with van der Waals surface area (Å²) in [5.41, 5.74) is 2.73. The van der Waals surface area contributed by atoms with Crippen molar-refractivity contribution in [2.75, 3.05) is 20.6 Å². The smallest absolute Gasteiger partial charge is 0.408 e. The number of nitrogens with one attached hydrogen (secondary N) is 2. The average molecular weight is 554 g/mol. The molecule has 10 rings (SSSR count). The zero-order valence-corrected chi connectivity index (χ0v) is 22.6. The molecule has 0 spiro atoms. The molecule has 3 amide bonds. The maximum absolute atomic E-state index is 13.4. The Balaban J connectivity index is 0.907. The van der Waals surface area contributed by atoms with Crippen LogP contribution in [0.4, 0.5) is 0 Å². The Morgan fingerprint density at radius 3 is 2.44 bits per heavy atom. The summed E-state index contributed by atoms with van der Waals surface area (Å²) in [5, 5.41) is 10.2. The first-order valence-corrected chi connectivity index (χ1v) is 13.9. The van der Waals surface area contributed by atoms with E-state index in [2.05, 4.69) is 20.7 Å². The van der Waals surface area contributed by atoms with Crippen LogP contribution in [0.3, 0.4) is 0 Å². The van der Waals surface area contributed by atoms with Gasteiger partial charge in [0.15, 0.2) is 11.2 Å². The minimum Gasteiger partial charge on any atom is -0.408 e. The predicted octanol–water partition coefficient (Wildman–Crippen LogP) is 0.660. The van der Waals surface area contributed by atoms with Gasteiger partial charge in [-0.2, -0.15) is 5.10 Å². The van der Waals surface area contributed by atoms with Gasteiger partial charge in [0.1, 0.15) is 11.4 Å². The molecule has 0 radical (unpaired) electrons. The van der Waals surface area contributed by atoms with Crippen LogP contribution in [0.25, 0.3) is 16.7 Å². The fraction of sp³-hybridized carbons (Fsp3) is 0.448. The van der Waals surface area contributed by atoms with Crippen molar-refractivity contribution in [2.24, 2.45) is 53.4 Å². The van der Waals surface area contributed by atoms with E-state index in [0.29, 0.717) is 64.7 Å². The predicted molar refractivity (Wildman–Crippen MR) is 142 cm³/mol. The SMILES string of the molecule is CN(C)C(=O)C12C3C4C1C1C2C3C41CNC(=O)c1cc(C(=O)NCc2ccc3oc(=O)n(C)c3c2)nc2ccnn12. The van der Waals surface area contributed by atoms with Crippen LogP contribution in [0.15, 0.2) is 45.7 Å². The number of fused-ring (bicyclic) bond motifs is 2. The van der Waals surface area contributed by atoms with E-state index in [1.165, 1.54) is 15.1 Å². The standard InChI is InChI=1S/C29H27N7O5/c1-34(2)26(39)29-21-18-22(29)20-23(29)19(21)28(18,20)11-31-25(38)15-9-13(33-17-6-7-32-36(15)17)24(37)30-10-12-4-5-16-14(8-12)35(3)27(40)41-16/h4-9,18-23H,10-11H2,1-3H3,(H,30,37)(H,31,38). The van der Waals surface area contributed by atoms with Crippen LogP contribution in [0.1, 0.15) is 26.5 Å². The topological polar surface area (TPSA) is 144 Å². The van der Waals surface area contributed by atoms with Crippen LogP contribution in [-0.4, -0.2) is 62.4 Å². The van der Waals surface area contributed by atoms with E-state index in [1.807, 2.05) is 14.1 Å². The van der Waals surface area contributed by atoms with E-state index >= 15 is 0 Å². The molecule has 1 aromatic carbocycles. The molecule has 6 fully saturated rings. The lowest BCUT2D eigenvalue weighted by atomic mass is 8.92. The van der Waals surface area contributed by atoms with Gasteiger partial charge in [-0.3, -0.25) is 19.0 Å². The van der Waals surface area contributed by atoms with Crippen molar-refractivity contribution in [2.45, 2.75) is 6.54 Å². The normalized spacial score (nSPS) is 34.0. The molecule has 0 unspecified atom stereocenters. The fourth-order valence-corrected chi connectivity index (χ4v) is 9.99. The highest BCUT2D eigenvalue weighted by atomic mass is 16.4. The molecule has 0 bridgehead atoms. The van der Waals surface area contributed by atoms with Gasteiger partial charge in [-0.25, -0.2) is 14.3 Å². The van der Waals surface area contributed by atoms with Crippen LogP contribution < -0.4 is 16.4 Å². The van der Waals surface area contributed by atoms with Crippen molar-refractivity contribution in [3.05, 3.63) is 64.0 Å². The molecule has 3 heterocycles. The number of carbonyl (C=O) groups is 3. The fourth-order valence-electron chi connectivity index (χ4n) is 9.99. The molecule has 6 saturated carbocycles. The number of nitrogens with zero attached hydrogens (tertiary/aromatic N) is 5. The highest BCUT2D eigenvalue weighted by molar-refractivity contribution is 5.98. The van der Waals surface area contributed by atoms with Gasteiger partial charge >= 0.3 is 5.76 Å². The lowest BCUT2D eigenvalue weighted by molar-refractivity contribution is -0.639. The summed E-state index contributed by atoms with van der Waals surface area (Å²) >= 11 is 0. The molecule has 6 aliphatic rings. The van der Waals surface area contributed by atoms with Gasteiger partial charge < -0.3 is 20.0 Å². The highest BCUT2D eigenvalue weighted by Crippen LogP contribution is 3.10. The molecule has 6 aliphatic carbocycles. The van der Waals surface area contributed by atoms with Gasteiger partial charge in [0.2, 0.25) is 5.91 Å². The monoisotopic (exact) mass is 553 g/mol. The minimum absolute atomic E-state index is 0.0786. The number of hydrogen-bond acceptors (Lipinski definition) is 7. The van der Waals surface area contributed by atoms with Gasteiger partial charge in [-0.15, -0.1) is 0 Å². The quantitative estimate of drug-likeness (QED) is 0.342. The second kappa shape index (κ2) is 7.04. The number of hydrogen-bond donors (Lipinski definition) is 2. The summed E-state index contributed by atoms with van der Waals surface area (Å²) in [4.78, 5) is 57.3. The first kappa shape index (κ1) is 23.2. The van der Waals surface area contributed by atoms with Gasteiger partial charge in [-0.05, 0) is 58.6 Å². The molecule has 208 valence electrons. The molecule has 12 heteroatoms. The molecular formula is C29H27N7O5. The molecule has 3 aromatic heterocycles. The van der Waals surface area contributed by atoms with Crippen LogP contribution >= 0.6 is 0 Å². The summed E-state index contributed by atoms with van der Waals surface area (Å²) in [6.07, 6.45) is 1.55. The van der Waals surface area contributed by atoms with Crippen LogP contribution in [0.5, 0.6) is 0 Å². The number of rotatable bonds is 7. The van der Waals surface area contributed by atoms with Crippen LogP contribution in [0, 0.1) is 46.3 Å². The number of oxazole rings is 1. The third-order valence-corrected chi connectivity index (χ3v) is 11.3. The van der Waals surface area contributed by atoms with Crippen molar-refractivity contribution >= 4 is 34.5 Å². The Kier molecular flexibility index (Phi) is 3.99. The van der Waals surface area contributed by atoms with Crippen molar-refractivity contribution in [1.82, 2.24) is 34.7 Å². The average Bonchev–Trinajstić information content (AvgIpc) is 3.57. The molecular weight excluding hydrogens is 526 g/mol. The molecule has 4 aromatic rings. The van der Waals surface area contributed by atoms with Gasteiger partial charge in [0, 0.05) is 46.4 Å². The van der Waals surface area contributed by atoms with Gasteiger partial charge in [-0.1, -0.05) is 6.07 Å². The lowest BCUT2D eigenvalue weighted by Gasteiger charge is -3.10. The number of aromatic nitrogens is 4. The molecule has 41 heavy (non-hydrogen) atoms. The summed E-state index contributed by atoms with van der Waals surface area (Å²) < 4.78 is 8.02. The van der Waals surface area contributed by atoms with Crippen molar-refractivity contribution < 1.29 is 18.8 Å². The van der Waals surface area contributed by atoms with Crippen molar-refractivity contribution in [3.63, 3.8) is 0 Å². The van der Waals surface area contributed by atoms with Crippen molar-refractivity contribution in [3.8, 4) is 0 Å². The zero-order valence-electron chi connectivity index (χ0n) is 22.6. The maximum atomic E-state index is 13.4. The summed E-state index contributed by atoms with van der Waals surface area (Å²) in [7, 11) is 5.33. The van der Waals surface area contributed by atoms with E-state index in [-0.39, 0.29) is 34.7 Å². The van der Waals surface area contributed by atoms with Gasteiger partial charge in [0.05, 0.1) is 17.1 Å². The largest absolute Gasteiger partial charge is 0.419 e. The number of amides is 3. The Bertz CT molecular complexity index is 1900. The Labute approximate surface area is 232 Å². The van der Waals surface area contributed by atoms with Crippen LogP contribution in [0.2, 0.25) is 0 Å². The van der Waals surface area contributed by atoms with E-state index in [1.54, 1.807) is 42.4 Å². The zero-order chi connectivity index (χ0) is 28.2. The summed E-state index contributed by atoms with van der Waals surface area (Å²) in [6, 6.07) is 8.38. The molecule has 0 aliphatic heterocycles. The Morgan fingerprint density at radius 1 is 1.00 bits per heavy atom. The summed E-state index contributed by atoms with van der Waals surface area (Å²) in [6.45, 7) is 0.795. The second-order valence-electron chi connectivity index (χ2n) is 12.6. The van der Waals surface area contributed by atoms with Crippen molar-refractivity contribution in [1.29, 1.82) is 0 Å². The van der Waals surface area contributed by atoms with E-state index in [4.69, 9.17) is 4.42 Å². The molecule has 0 atom stereocenters. The molecule has 2 N–H and O–H groups in total. The second-order valence-corrected chi connectivity index (χ2v) is 12.6. The number of aryl methyl sites for hydroxylation is 1. The van der Waals surface area contributed by atoms with Crippen LogP contribution in [-0.2, 0) is 18.4 Å². The molecule has 0 saturated heterocycles.